The Labute approximate surface area is 184 Å². The summed E-state index contributed by atoms with van der Waals surface area (Å²) in [5.41, 5.74) is 1.14. The molecule has 3 rings (SSSR count). The second-order valence-electron chi connectivity index (χ2n) is 7.99. The lowest BCUT2D eigenvalue weighted by Gasteiger charge is -2.32. The Bertz CT molecular complexity index is 983. The van der Waals surface area contributed by atoms with Crippen LogP contribution in [0.5, 0.6) is 0 Å². The van der Waals surface area contributed by atoms with Gasteiger partial charge in [0.05, 0.1) is 10.5 Å². The van der Waals surface area contributed by atoms with Gasteiger partial charge in [-0.2, -0.15) is 4.31 Å². The Morgan fingerprint density at radius 2 is 1.71 bits per heavy atom. The van der Waals surface area contributed by atoms with Crippen LogP contribution in [0.3, 0.4) is 0 Å². The van der Waals surface area contributed by atoms with Gasteiger partial charge in [-0.15, -0.1) is 0 Å². The van der Waals surface area contributed by atoms with Crippen molar-refractivity contribution in [3.8, 4) is 0 Å². The van der Waals surface area contributed by atoms with E-state index in [9.17, 15) is 17.6 Å². The van der Waals surface area contributed by atoms with E-state index in [0.29, 0.717) is 32.1 Å². The van der Waals surface area contributed by atoms with Gasteiger partial charge in [0.25, 0.3) is 5.91 Å². The molecule has 31 heavy (non-hydrogen) atoms. The van der Waals surface area contributed by atoms with E-state index in [0.717, 1.165) is 31.7 Å². The molecule has 1 aliphatic heterocycles. The molecule has 0 saturated carbocycles. The zero-order chi connectivity index (χ0) is 22.4. The molecule has 7 heteroatoms. The summed E-state index contributed by atoms with van der Waals surface area (Å²) < 4.78 is 41.3. The largest absolute Gasteiger partial charge is 0.339 e. The molecule has 1 heterocycles. The minimum Gasteiger partial charge on any atom is -0.339 e. The summed E-state index contributed by atoms with van der Waals surface area (Å²) in [4.78, 5) is 14.6. The molecule has 0 unspecified atom stereocenters. The monoisotopic (exact) mass is 446 g/mol. The molecule has 0 spiro atoms. The molecule has 0 N–H and O–H groups in total. The normalized spacial score (nSPS) is 15.4. The zero-order valence-corrected chi connectivity index (χ0v) is 19.1. The van der Waals surface area contributed by atoms with E-state index < -0.39 is 21.7 Å². The maximum absolute atomic E-state index is 14.5. The number of carbonyl (C=O) groups excluding carboxylic acids is 1. The first kappa shape index (κ1) is 23.4. The van der Waals surface area contributed by atoms with Crippen molar-refractivity contribution in [3.63, 3.8) is 0 Å². The number of nitrogens with zero attached hydrogens (tertiary/aromatic N) is 2. The Balaban J connectivity index is 1.65. The third kappa shape index (κ3) is 5.52. The van der Waals surface area contributed by atoms with Crippen LogP contribution in [-0.2, 0) is 16.4 Å². The third-order valence-electron chi connectivity index (χ3n) is 6.10. The fraction of sp³-hybridized carbons (Fsp3) is 0.458. The summed E-state index contributed by atoms with van der Waals surface area (Å²) >= 11 is 0. The number of likely N-dealkylation sites (tertiary alicyclic amines) is 1. The number of hydrogen-bond acceptors (Lipinski definition) is 3. The number of aryl methyl sites for hydroxylation is 1. The molecule has 1 aliphatic rings. The predicted octanol–water partition coefficient (Wildman–Crippen LogP) is 4.34. The van der Waals surface area contributed by atoms with Crippen LogP contribution in [0.2, 0.25) is 0 Å². The molecular weight excluding hydrogens is 415 g/mol. The number of amides is 1. The Morgan fingerprint density at radius 3 is 2.32 bits per heavy atom. The number of halogens is 1. The van der Waals surface area contributed by atoms with E-state index in [1.807, 2.05) is 18.2 Å². The summed E-state index contributed by atoms with van der Waals surface area (Å²) in [6.07, 6.45) is 3.83. The second-order valence-corrected chi connectivity index (χ2v) is 9.93. The number of benzene rings is 2. The van der Waals surface area contributed by atoms with Gasteiger partial charge in [0.15, 0.2) is 0 Å². The highest BCUT2D eigenvalue weighted by molar-refractivity contribution is 7.89. The summed E-state index contributed by atoms with van der Waals surface area (Å²) in [5, 5.41) is 0. The lowest BCUT2D eigenvalue weighted by molar-refractivity contribution is 0.0682. The van der Waals surface area contributed by atoms with Crippen LogP contribution in [0.25, 0.3) is 0 Å². The first-order chi connectivity index (χ1) is 14.9. The molecule has 0 atom stereocenters. The van der Waals surface area contributed by atoms with Gasteiger partial charge < -0.3 is 4.90 Å². The first-order valence-electron chi connectivity index (χ1n) is 11.0. The van der Waals surface area contributed by atoms with Crippen LogP contribution in [0, 0.1) is 11.7 Å². The zero-order valence-electron chi connectivity index (χ0n) is 18.3. The second kappa shape index (κ2) is 10.4. The Kier molecular flexibility index (Phi) is 7.84. The summed E-state index contributed by atoms with van der Waals surface area (Å²) in [6.45, 7) is 5.25. The van der Waals surface area contributed by atoms with E-state index >= 15 is 0 Å². The van der Waals surface area contributed by atoms with Crippen LogP contribution in [-0.4, -0.2) is 49.7 Å². The van der Waals surface area contributed by atoms with Gasteiger partial charge in [0.2, 0.25) is 10.0 Å². The third-order valence-corrected chi connectivity index (χ3v) is 8.14. The first-order valence-corrected chi connectivity index (χ1v) is 12.4. The van der Waals surface area contributed by atoms with Crippen molar-refractivity contribution in [3.05, 3.63) is 65.5 Å². The lowest BCUT2D eigenvalue weighted by Crippen LogP contribution is -2.39. The SMILES string of the molecule is CCN(CC)S(=O)(=O)c1ccc(F)c(C(=O)N2CCC(CCc3ccccc3)CC2)c1. The smallest absolute Gasteiger partial charge is 0.256 e. The molecule has 0 radical (unpaired) electrons. The van der Waals surface area contributed by atoms with Crippen LogP contribution >= 0.6 is 0 Å². The van der Waals surface area contributed by atoms with Crippen LogP contribution in [0.1, 0.15) is 49.0 Å². The van der Waals surface area contributed by atoms with E-state index in [4.69, 9.17) is 0 Å². The molecule has 1 saturated heterocycles. The molecule has 0 bridgehead atoms. The van der Waals surface area contributed by atoms with Gasteiger partial charge in [-0.3, -0.25) is 4.79 Å². The van der Waals surface area contributed by atoms with Gasteiger partial charge in [-0.25, -0.2) is 12.8 Å². The molecule has 1 fully saturated rings. The summed E-state index contributed by atoms with van der Waals surface area (Å²) in [5.74, 6) is -0.589. The summed E-state index contributed by atoms with van der Waals surface area (Å²) in [6, 6.07) is 13.8. The van der Waals surface area contributed by atoms with Gasteiger partial charge in [-0.05, 0) is 55.4 Å². The number of rotatable bonds is 8. The van der Waals surface area contributed by atoms with Crippen molar-refractivity contribution in [2.75, 3.05) is 26.2 Å². The Hall–Kier alpha value is -2.25. The van der Waals surface area contributed by atoms with Gasteiger partial charge in [-0.1, -0.05) is 44.2 Å². The van der Waals surface area contributed by atoms with Crippen LogP contribution in [0.4, 0.5) is 4.39 Å². The summed E-state index contributed by atoms with van der Waals surface area (Å²) in [7, 11) is -3.75. The van der Waals surface area contributed by atoms with E-state index in [1.54, 1.807) is 18.7 Å². The predicted molar refractivity (Wildman–Crippen MR) is 120 cm³/mol. The van der Waals surface area contributed by atoms with Crippen molar-refractivity contribution in [1.29, 1.82) is 0 Å². The highest BCUT2D eigenvalue weighted by atomic mass is 32.2. The lowest BCUT2D eigenvalue weighted by atomic mass is 9.90. The van der Waals surface area contributed by atoms with Crippen molar-refractivity contribution < 1.29 is 17.6 Å². The van der Waals surface area contributed by atoms with Crippen molar-refractivity contribution in [2.24, 2.45) is 5.92 Å². The average molecular weight is 447 g/mol. The van der Waals surface area contributed by atoms with Crippen LogP contribution < -0.4 is 0 Å². The van der Waals surface area contributed by atoms with Gasteiger partial charge in [0.1, 0.15) is 5.82 Å². The van der Waals surface area contributed by atoms with E-state index in [1.165, 1.54) is 22.0 Å². The number of hydrogen-bond donors (Lipinski definition) is 0. The minimum absolute atomic E-state index is 0.0429. The molecule has 2 aromatic carbocycles. The molecular formula is C24H31FN2O3S. The number of sulfonamides is 1. The molecule has 1 amide bonds. The standard InChI is InChI=1S/C24H31FN2O3S/c1-3-27(4-2)31(29,30)21-12-13-23(25)22(18-21)24(28)26-16-14-20(15-17-26)11-10-19-8-6-5-7-9-19/h5-9,12-13,18,20H,3-4,10-11,14-17H2,1-2H3. The average Bonchev–Trinajstić information content (AvgIpc) is 2.79. The fourth-order valence-electron chi connectivity index (χ4n) is 4.15. The minimum atomic E-state index is -3.75. The van der Waals surface area contributed by atoms with Crippen molar-refractivity contribution in [1.82, 2.24) is 9.21 Å². The van der Waals surface area contributed by atoms with Gasteiger partial charge >= 0.3 is 0 Å². The maximum Gasteiger partial charge on any atom is 0.256 e. The quantitative estimate of drug-likeness (QED) is 0.606. The molecule has 0 aliphatic carbocycles. The highest BCUT2D eigenvalue weighted by Gasteiger charge is 2.28. The van der Waals surface area contributed by atoms with Crippen LogP contribution in [0.15, 0.2) is 53.4 Å². The Morgan fingerprint density at radius 1 is 1.06 bits per heavy atom. The van der Waals surface area contributed by atoms with Crippen molar-refractivity contribution in [2.45, 2.75) is 44.4 Å². The fourth-order valence-corrected chi connectivity index (χ4v) is 5.64. The molecule has 0 aromatic heterocycles. The van der Waals surface area contributed by atoms with E-state index in [-0.39, 0.29) is 10.5 Å². The molecule has 168 valence electrons. The van der Waals surface area contributed by atoms with E-state index in [2.05, 4.69) is 12.1 Å². The number of piperidine rings is 1. The van der Waals surface area contributed by atoms with Crippen molar-refractivity contribution >= 4 is 15.9 Å². The number of carbonyl (C=O) groups is 1. The molecule has 5 nitrogen and oxygen atoms in total. The van der Waals surface area contributed by atoms with Gasteiger partial charge in [0, 0.05) is 26.2 Å². The highest BCUT2D eigenvalue weighted by Crippen LogP contribution is 2.25. The maximum atomic E-state index is 14.5. The topological polar surface area (TPSA) is 57.7 Å². The molecule has 2 aromatic rings.